The summed E-state index contributed by atoms with van der Waals surface area (Å²) in [5.74, 6) is -0.858. The van der Waals surface area contributed by atoms with E-state index in [1.807, 2.05) is 37.3 Å². The predicted molar refractivity (Wildman–Crippen MR) is 191 cm³/mol. The summed E-state index contributed by atoms with van der Waals surface area (Å²) in [5.41, 5.74) is 2.63. The molecule has 0 unspecified atom stereocenters. The molecule has 4 aromatic carbocycles. The Morgan fingerprint density at radius 2 is 1.62 bits per heavy atom. The molecule has 0 spiro atoms. The van der Waals surface area contributed by atoms with Crippen molar-refractivity contribution in [2.24, 2.45) is 0 Å². The number of nitrogens with one attached hydrogen (secondary N) is 1. The van der Waals surface area contributed by atoms with Gasteiger partial charge in [-0.15, -0.1) is 0 Å². The van der Waals surface area contributed by atoms with Crippen LogP contribution in [0.4, 0.5) is 5.69 Å². The van der Waals surface area contributed by atoms with Gasteiger partial charge in [0.05, 0.1) is 10.6 Å². The molecule has 4 aromatic rings. The van der Waals surface area contributed by atoms with Crippen molar-refractivity contribution in [2.75, 3.05) is 10.8 Å². The highest BCUT2D eigenvalue weighted by Crippen LogP contribution is 2.29. The molecule has 0 bridgehead atoms. The second-order valence-corrected chi connectivity index (χ2v) is 15.4. The average molecular weight is 758 g/mol. The number of aryl methyl sites for hydroxylation is 1. The molecule has 2 amide bonds. The van der Waals surface area contributed by atoms with Crippen LogP contribution in [-0.4, -0.2) is 43.8 Å². The zero-order valence-corrected chi connectivity index (χ0v) is 29.8. The highest BCUT2D eigenvalue weighted by molar-refractivity contribution is 9.10. The summed E-state index contributed by atoms with van der Waals surface area (Å²) in [5, 5.41) is 3.94. The number of benzene rings is 4. The van der Waals surface area contributed by atoms with Crippen LogP contribution in [0.1, 0.15) is 42.4 Å². The highest BCUT2D eigenvalue weighted by Gasteiger charge is 2.36. The maximum atomic E-state index is 14.7. The lowest BCUT2D eigenvalue weighted by Gasteiger charge is -2.34. The monoisotopic (exact) mass is 755 g/mol. The lowest BCUT2D eigenvalue weighted by atomic mass is 10.0. The van der Waals surface area contributed by atoms with Crippen molar-refractivity contribution < 1.29 is 18.0 Å². The fraction of sp³-hybridized carbons (Fsp3) is 0.278. The van der Waals surface area contributed by atoms with E-state index >= 15 is 0 Å². The van der Waals surface area contributed by atoms with Crippen molar-refractivity contribution in [1.82, 2.24) is 10.2 Å². The van der Waals surface area contributed by atoms with Crippen LogP contribution >= 0.6 is 39.1 Å². The van der Waals surface area contributed by atoms with Gasteiger partial charge in [0, 0.05) is 33.5 Å². The van der Waals surface area contributed by atoms with Gasteiger partial charge in [-0.3, -0.25) is 13.9 Å². The van der Waals surface area contributed by atoms with Gasteiger partial charge in [-0.2, -0.15) is 0 Å². The summed E-state index contributed by atoms with van der Waals surface area (Å²) < 4.78 is 30.2. The van der Waals surface area contributed by atoms with Crippen molar-refractivity contribution in [3.05, 3.63) is 128 Å². The van der Waals surface area contributed by atoms with Gasteiger partial charge in [0.15, 0.2) is 0 Å². The zero-order valence-electron chi connectivity index (χ0n) is 25.9. The number of hydrogen-bond donors (Lipinski definition) is 1. The molecule has 0 heterocycles. The molecular formula is C36H36BrCl2N3O4S. The third kappa shape index (κ3) is 8.96. The van der Waals surface area contributed by atoms with E-state index in [-0.39, 0.29) is 29.8 Å². The van der Waals surface area contributed by atoms with Crippen LogP contribution in [0.15, 0.2) is 106 Å². The number of hydrogen-bond acceptors (Lipinski definition) is 4. The smallest absolute Gasteiger partial charge is 0.264 e. The standard InChI is InChI=1S/C36H36BrCl2N3O4S/c1-25-14-18-32(19-15-25)47(45,46)42(31-13-7-10-28(37)21-31)24-35(43)41(23-27-16-17-29(38)22-33(27)39)34(20-26-8-3-2-4-9-26)36(44)40-30-11-5-6-12-30/h2-4,7-10,13-19,21-22,30,34H,5-6,11-12,20,23-24H2,1H3,(H,40,44)/t34-/m0/s1. The van der Waals surface area contributed by atoms with Crippen molar-refractivity contribution in [2.45, 2.75) is 62.6 Å². The molecule has 1 saturated carbocycles. The maximum absolute atomic E-state index is 14.7. The molecule has 1 aliphatic rings. The summed E-state index contributed by atoms with van der Waals surface area (Å²) in [6.45, 7) is 1.27. The number of carbonyl (C=O) groups is 2. The SMILES string of the molecule is Cc1ccc(S(=O)(=O)N(CC(=O)N(Cc2ccc(Cl)cc2Cl)[C@@H](Cc2ccccc2)C(=O)NC2CCCC2)c2cccc(Br)c2)cc1. The zero-order chi connectivity index (χ0) is 33.6. The first-order chi connectivity index (χ1) is 22.5. The van der Waals surface area contributed by atoms with E-state index in [2.05, 4.69) is 21.2 Å². The third-order valence-corrected chi connectivity index (χ3v) is 11.2. The Morgan fingerprint density at radius 1 is 0.915 bits per heavy atom. The van der Waals surface area contributed by atoms with Crippen LogP contribution in [-0.2, 0) is 32.6 Å². The summed E-state index contributed by atoms with van der Waals surface area (Å²) in [7, 11) is -4.21. The largest absolute Gasteiger partial charge is 0.352 e. The van der Waals surface area contributed by atoms with Gasteiger partial charge in [0.25, 0.3) is 10.0 Å². The molecule has 1 atom stereocenters. The number of amides is 2. The van der Waals surface area contributed by atoms with Crippen LogP contribution < -0.4 is 9.62 Å². The molecule has 1 fully saturated rings. The normalized spacial score (nSPS) is 14.0. The van der Waals surface area contributed by atoms with Crippen LogP contribution in [0.3, 0.4) is 0 Å². The van der Waals surface area contributed by atoms with Crippen molar-refractivity contribution in [3.63, 3.8) is 0 Å². The Bertz CT molecular complexity index is 1820. The second kappa shape index (κ2) is 15.7. The molecule has 0 aromatic heterocycles. The van der Waals surface area contributed by atoms with Crippen LogP contribution in [0.25, 0.3) is 0 Å². The first-order valence-electron chi connectivity index (χ1n) is 15.4. The maximum Gasteiger partial charge on any atom is 0.264 e. The highest BCUT2D eigenvalue weighted by atomic mass is 79.9. The van der Waals surface area contributed by atoms with Gasteiger partial charge in [-0.25, -0.2) is 8.42 Å². The quantitative estimate of drug-likeness (QED) is 0.159. The second-order valence-electron chi connectivity index (χ2n) is 11.8. The number of rotatable bonds is 12. The Morgan fingerprint density at radius 3 is 2.28 bits per heavy atom. The lowest BCUT2D eigenvalue weighted by Crippen LogP contribution is -2.54. The van der Waals surface area contributed by atoms with E-state index in [9.17, 15) is 18.0 Å². The minimum absolute atomic E-state index is 0.0110. The molecule has 246 valence electrons. The number of sulfonamides is 1. The molecule has 0 saturated heterocycles. The van der Waals surface area contributed by atoms with Gasteiger partial charge >= 0.3 is 0 Å². The van der Waals surface area contributed by atoms with Crippen molar-refractivity contribution in [3.8, 4) is 0 Å². The van der Waals surface area contributed by atoms with Gasteiger partial charge in [-0.1, -0.05) is 112 Å². The summed E-state index contributed by atoms with van der Waals surface area (Å²) in [6.07, 6.45) is 4.00. The molecular weight excluding hydrogens is 721 g/mol. The first-order valence-corrected chi connectivity index (χ1v) is 18.4. The predicted octanol–water partition coefficient (Wildman–Crippen LogP) is 7.96. The summed E-state index contributed by atoms with van der Waals surface area (Å²) in [6, 6.07) is 26.7. The Hall–Kier alpha value is -3.37. The average Bonchev–Trinajstić information content (AvgIpc) is 3.56. The molecule has 47 heavy (non-hydrogen) atoms. The van der Waals surface area contributed by atoms with E-state index in [0.29, 0.717) is 25.8 Å². The minimum Gasteiger partial charge on any atom is -0.352 e. The molecule has 11 heteroatoms. The van der Waals surface area contributed by atoms with E-state index in [1.165, 1.54) is 17.0 Å². The van der Waals surface area contributed by atoms with Gasteiger partial charge in [-0.05, 0) is 73.4 Å². The fourth-order valence-electron chi connectivity index (χ4n) is 5.75. The molecule has 1 aliphatic carbocycles. The van der Waals surface area contributed by atoms with Crippen LogP contribution in [0.5, 0.6) is 0 Å². The minimum atomic E-state index is -4.21. The lowest BCUT2D eigenvalue weighted by molar-refractivity contribution is -0.140. The molecule has 5 rings (SSSR count). The molecule has 0 aliphatic heterocycles. The Labute approximate surface area is 295 Å². The van der Waals surface area contributed by atoms with E-state index in [4.69, 9.17) is 23.2 Å². The van der Waals surface area contributed by atoms with Crippen LogP contribution in [0.2, 0.25) is 10.0 Å². The van der Waals surface area contributed by atoms with Gasteiger partial charge < -0.3 is 10.2 Å². The van der Waals surface area contributed by atoms with Crippen molar-refractivity contribution in [1.29, 1.82) is 0 Å². The van der Waals surface area contributed by atoms with Gasteiger partial charge in [0.2, 0.25) is 11.8 Å². The first kappa shape index (κ1) is 35.0. The fourth-order valence-corrected chi connectivity index (χ4v) is 8.01. The van der Waals surface area contributed by atoms with Crippen LogP contribution in [0, 0.1) is 6.92 Å². The number of anilines is 1. The van der Waals surface area contributed by atoms with E-state index in [0.717, 1.165) is 41.1 Å². The van der Waals surface area contributed by atoms with E-state index in [1.54, 1.807) is 54.6 Å². The topological polar surface area (TPSA) is 86.8 Å². The third-order valence-electron chi connectivity index (χ3n) is 8.31. The summed E-state index contributed by atoms with van der Waals surface area (Å²) >= 11 is 16.2. The van der Waals surface area contributed by atoms with E-state index < -0.39 is 28.5 Å². The Balaban J connectivity index is 1.58. The van der Waals surface area contributed by atoms with Gasteiger partial charge in [0.1, 0.15) is 12.6 Å². The van der Waals surface area contributed by atoms with Crippen molar-refractivity contribution >= 4 is 66.7 Å². The molecule has 1 N–H and O–H groups in total. The number of nitrogens with zero attached hydrogens (tertiary/aromatic N) is 2. The number of carbonyl (C=O) groups excluding carboxylic acids is 2. The summed E-state index contributed by atoms with van der Waals surface area (Å²) in [4.78, 5) is 30.3. The molecule has 7 nitrogen and oxygen atoms in total. The number of halogens is 3. The molecule has 0 radical (unpaired) electrons. The Kier molecular flexibility index (Phi) is 11.7.